The first kappa shape index (κ1) is 11.0. The van der Waals surface area contributed by atoms with Crippen molar-refractivity contribution in [3.8, 4) is 0 Å². The molecule has 0 aliphatic heterocycles. The van der Waals surface area contributed by atoms with E-state index in [2.05, 4.69) is 10.3 Å². The maximum absolute atomic E-state index is 5.79. The third kappa shape index (κ3) is 3.00. The Morgan fingerprint density at radius 3 is 3.07 bits per heavy atom. The molecule has 15 heavy (non-hydrogen) atoms. The van der Waals surface area contributed by atoms with Crippen LogP contribution in [0.15, 0.2) is 11.7 Å². The standard InChI is InChI=1S/C11H19N3S/c12-5-9-3-1-2-4-11(9)14-7-10-6-13-8-15-10/h6,8-9,11,14H,1-5,7,12H2. The predicted octanol–water partition coefficient (Wildman–Crippen LogP) is 1.75. The minimum absolute atomic E-state index is 0.617. The molecule has 1 aliphatic rings. The molecule has 1 aromatic heterocycles. The van der Waals surface area contributed by atoms with Crippen LogP contribution in [-0.2, 0) is 6.54 Å². The Morgan fingerprint density at radius 1 is 1.47 bits per heavy atom. The lowest BCUT2D eigenvalue weighted by Crippen LogP contribution is -2.41. The van der Waals surface area contributed by atoms with Crippen molar-refractivity contribution in [3.05, 3.63) is 16.6 Å². The second kappa shape index (κ2) is 5.58. The van der Waals surface area contributed by atoms with E-state index in [4.69, 9.17) is 5.73 Å². The summed E-state index contributed by atoms with van der Waals surface area (Å²) in [5, 5.41) is 3.62. The molecule has 2 unspecified atom stereocenters. The van der Waals surface area contributed by atoms with Gasteiger partial charge in [-0.15, -0.1) is 11.3 Å². The molecule has 84 valence electrons. The predicted molar refractivity (Wildman–Crippen MR) is 63.8 cm³/mol. The second-order valence-electron chi connectivity index (χ2n) is 4.24. The fourth-order valence-corrected chi connectivity index (χ4v) is 2.87. The SMILES string of the molecule is NCC1CCCCC1NCc1cncs1. The normalized spacial score (nSPS) is 26.7. The quantitative estimate of drug-likeness (QED) is 0.821. The van der Waals surface area contributed by atoms with Gasteiger partial charge in [-0.1, -0.05) is 12.8 Å². The van der Waals surface area contributed by atoms with Crippen molar-refractivity contribution in [2.75, 3.05) is 6.54 Å². The summed E-state index contributed by atoms with van der Waals surface area (Å²) in [6.07, 6.45) is 7.20. The zero-order valence-electron chi connectivity index (χ0n) is 8.98. The molecule has 0 saturated heterocycles. The summed E-state index contributed by atoms with van der Waals surface area (Å²) in [5.41, 5.74) is 7.68. The highest BCUT2D eigenvalue weighted by Gasteiger charge is 2.23. The molecule has 1 aliphatic carbocycles. The van der Waals surface area contributed by atoms with Crippen molar-refractivity contribution in [3.63, 3.8) is 0 Å². The van der Waals surface area contributed by atoms with Crippen molar-refractivity contribution >= 4 is 11.3 Å². The number of nitrogens with two attached hydrogens (primary N) is 1. The highest BCUT2D eigenvalue weighted by Crippen LogP contribution is 2.23. The Labute approximate surface area is 95.1 Å². The molecule has 3 nitrogen and oxygen atoms in total. The fourth-order valence-electron chi connectivity index (χ4n) is 2.32. The number of nitrogens with one attached hydrogen (secondary N) is 1. The molecule has 0 bridgehead atoms. The van der Waals surface area contributed by atoms with Gasteiger partial charge in [0.15, 0.2) is 0 Å². The van der Waals surface area contributed by atoms with Gasteiger partial charge in [-0.3, -0.25) is 4.98 Å². The molecule has 2 rings (SSSR count). The minimum atomic E-state index is 0.617. The number of hydrogen-bond acceptors (Lipinski definition) is 4. The first-order valence-corrected chi connectivity index (χ1v) is 6.59. The third-order valence-corrected chi connectivity index (χ3v) is 4.01. The van der Waals surface area contributed by atoms with Crippen LogP contribution in [-0.4, -0.2) is 17.6 Å². The smallest absolute Gasteiger partial charge is 0.0794 e. The van der Waals surface area contributed by atoms with Crippen LogP contribution in [0, 0.1) is 5.92 Å². The van der Waals surface area contributed by atoms with Crippen LogP contribution < -0.4 is 11.1 Å². The van der Waals surface area contributed by atoms with Crippen molar-refractivity contribution in [2.24, 2.45) is 11.7 Å². The molecule has 1 fully saturated rings. The fraction of sp³-hybridized carbons (Fsp3) is 0.727. The number of hydrogen-bond donors (Lipinski definition) is 2. The Kier molecular flexibility index (Phi) is 4.11. The van der Waals surface area contributed by atoms with E-state index in [0.717, 1.165) is 13.1 Å². The molecule has 3 N–H and O–H groups in total. The molecular weight excluding hydrogens is 206 g/mol. The number of nitrogens with zero attached hydrogens (tertiary/aromatic N) is 1. The molecule has 0 radical (unpaired) electrons. The summed E-state index contributed by atoms with van der Waals surface area (Å²) in [5.74, 6) is 0.673. The first-order valence-electron chi connectivity index (χ1n) is 5.71. The van der Waals surface area contributed by atoms with Gasteiger partial charge in [-0.2, -0.15) is 0 Å². The van der Waals surface area contributed by atoms with Gasteiger partial charge in [0.1, 0.15) is 0 Å². The van der Waals surface area contributed by atoms with E-state index in [1.807, 2.05) is 11.7 Å². The highest BCUT2D eigenvalue weighted by atomic mass is 32.1. The molecule has 0 aromatic carbocycles. The zero-order chi connectivity index (χ0) is 10.5. The second-order valence-corrected chi connectivity index (χ2v) is 5.21. The lowest BCUT2D eigenvalue weighted by Gasteiger charge is -2.31. The molecule has 0 spiro atoms. The molecule has 1 saturated carbocycles. The van der Waals surface area contributed by atoms with Crippen molar-refractivity contribution < 1.29 is 0 Å². The van der Waals surface area contributed by atoms with Gasteiger partial charge in [-0.25, -0.2) is 0 Å². The van der Waals surface area contributed by atoms with Crippen LogP contribution in [0.4, 0.5) is 0 Å². The van der Waals surface area contributed by atoms with Gasteiger partial charge in [0.05, 0.1) is 5.51 Å². The number of aromatic nitrogens is 1. The Bertz CT molecular complexity index is 273. The zero-order valence-corrected chi connectivity index (χ0v) is 9.80. The lowest BCUT2D eigenvalue weighted by molar-refractivity contribution is 0.267. The third-order valence-electron chi connectivity index (χ3n) is 3.23. The largest absolute Gasteiger partial charge is 0.330 e. The van der Waals surface area contributed by atoms with E-state index in [1.165, 1.54) is 30.6 Å². The van der Waals surface area contributed by atoms with E-state index in [1.54, 1.807) is 11.3 Å². The van der Waals surface area contributed by atoms with Crippen LogP contribution in [0.3, 0.4) is 0 Å². The van der Waals surface area contributed by atoms with Crippen molar-refractivity contribution in [1.82, 2.24) is 10.3 Å². The number of rotatable bonds is 4. The van der Waals surface area contributed by atoms with Crippen molar-refractivity contribution in [1.29, 1.82) is 0 Å². The van der Waals surface area contributed by atoms with Gasteiger partial charge in [-0.05, 0) is 25.3 Å². The molecule has 4 heteroatoms. The Morgan fingerprint density at radius 2 is 2.33 bits per heavy atom. The van der Waals surface area contributed by atoms with Gasteiger partial charge in [0.25, 0.3) is 0 Å². The Hall–Kier alpha value is -0.450. The van der Waals surface area contributed by atoms with Gasteiger partial charge < -0.3 is 11.1 Å². The molecular formula is C11H19N3S. The molecule has 1 heterocycles. The van der Waals surface area contributed by atoms with E-state index in [9.17, 15) is 0 Å². The van der Waals surface area contributed by atoms with Gasteiger partial charge in [0, 0.05) is 23.7 Å². The van der Waals surface area contributed by atoms with E-state index < -0.39 is 0 Å². The van der Waals surface area contributed by atoms with Crippen molar-refractivity contribution in [2.45, 2.75) is 38.3 Å². The summed E-state index contributed by atoms with van der Waals surface area (Å²) in [6, 6.07) is 0.617. The van der Waals surface area contributed by atoms with Crippen LogP contribution in [0.5, 0.6) is 0 Å². The Balaban J connectivity index is 1.81. The van der Waals surface area contributed by atoms with Crippen LogP contribution >= 0.6 is 11.3 Å². The van der Waals surface area contributed by atoms with Gasteiger partial charge >= 0.3 is 0 Å². The summed E-state index contributed by atoms with van der Waals surface area (Å²) < 4.78 is 0. The van der Waals surface area contributed by atoms with Crippen LogP contribution in [0.1, 0.15) is 30.6 Å². The number of thiazole rings is 1. The lowest BCUT2D eigenvalue weighted by atomic mass is 9.84. The maximum Gasteiger partial charge on any atom is 0.0794 e. The summed E-state index contributed by atoms with van der Waals surface area (Å²) >= 11 is 1.72. The summed E-state index contributed by atoms with van der Waals surface area (Å²) in [6.45, 7) is 1.77. The summed E-state index contributed by atoms with van der Waals surface area (Å²) in [7, 11) is 0. The van der Waals surface area contributed by atoms with Crippen LogP contribution in [0.2, 0.25) is 0 Å². The first-order chi connectivity index (χ1) is 7.40. The summed E-state index contributed by atoms with van der Waals surface area (Å²) in [4.78, 5) is 5.39. The van der Waals surface area contributed by atoms with E-state index in [-0.39, 0.29) is 0 Å². The maximum atomic E-state index is 5.79. The van der Waals surface area contributed by atoms with Crippen LogP contribution in [0.25, 0.3) is 0 Å². The molecule has 2 atom stereocenters. The minimum Gasteiger partial charge on any atom is -0.330 e. The highest BCUT2D eigenvalue weighted by molar-refractivity contribution is 7.09. The topological polar surface area (TPSA) is 50.9 Å². The monoisotopic (exact) mass is 225 g/mol. The molecule has 0 amide bonds. The average molecular weight is 225 g/mol. The van der Waals surface area contributed by atoms with Gasteiger partial charge in [0.2, 0.25) is 0 Å². The van der Waals surface area contributed by atoms with E-state index in [0.29, 0.717) is 12.0 Å². The average Bonchev–Trinajstić information content (AvgIpc) is 2.79. The molecule has 1 aromatic rings. The van der Waals surface area contributed by atoms with E-state index >= 15 is 0 Å².